The maximum absolute atomic E-state index is 13.4. The van der Waals surface area contributed by atoms with Gasteiger partial charge in [0.05, 0.1) is 5.71 Å². The maximum Gasteiger partial charge on any atom is 0.265 e. The van der Waals surface area contributed by atoms with Crippen molar-refractivity contribution in [2.24, 2.45) is 5.16 Å². The minimum atomic E-state index is -0.856. The fourth-order valence-electron chi connectivity index (χ4n) is 2.98. The van der Waals surface area contributed by atoms with Crippen molar-refractivity contribution in [3.8, 4) is 0 Å². The molecule has 0 unspecified atom stereocenters. The highest BCUT2D eigenvalue weighted by Gasteiger charge is 2.32. The van der Waals surface area contributed by atoms with Crippen molar-refractivity contribution < 1.29 is 18.8 Å². The number of carbonyl (C=O) groups is 2. The van der Waals surface area contributed by atoms with Crippen LogP contribution in [0.25, 0.3) is 0 Å². The zero-order valence-corrected chi connectivity index (χ0v) is 15.5. The number of likely N-dealkylation sites (N-methyl/N-ethyl adjacent to an activating group) is 1. The van der Waals surface area contributed by atoms with Gasteiger partial charge in [0, 0.05) is 24.9 Å². The van der Waals surface area contributed by atoms with Crippen LogP contribution in [0, 0.1) is 5.82 Å². The van der Waals surface area contributed by atoms with Crippen LogP contribution in [0.3, 0.4) is 0 Å². The van der Waals surface area contributed by atoms with Crippen LogP contribution in [0.5, 0.6) is 0 Å². The Morgan fingerprint density at radius 3 is 2.71 bits per heavy atom. The molecule has 1 aliphatic rings. The lowest BCUT2D eigenvalue weighted by Crippen LogP contribution is -2.50. The lowest BCUT2D eigenvalue weighted by atomic mass is 10.0. The third-order valence-corrected chi connectivity index (χ3v) is 4.39. The van der Waals surface area contributed by atoms with Crippen LogP contribution in [-0.4, -0.2) is 36.2 Å². The van der Waals surface area contributed by atoms with Crippen LogP contribution in [-0.2, 0) is 20.8 Å². The van der Waals surface area contributed by atoms with E-state index in [9.17, 15) is 14.0 Å². The third kappa shape index (κ3) is 4.94. The van der Waals surface area contributed by atoms with Crippen LogP contribution in [0.4, 0.5) is 4.39 Å². The highest BCUT2D eigenvalue weighted by Crippen LogP contribution is 2.18. The summed E-state index contributed by atoms with van der Waals surface area (Å²) in [4.78, 5) is 30.3. The molecule has 2 N–H and O–H groups in total. The first-order chi connectivity index (χ1) is 13.6. The van der Waals surface area contributed by atoms with E-state index in [1.54, 1.807) is 12.1 Å². The van der Waals surface area contributed by atoms with Gasteiger partial charge in [-0.05, 0) is 24.6 Å². The molecule has 2 amide bonds. The fraction of sp³-hybridized carbons (Fsp3) is 0.286. The van der Waals surface area contributed by atoms with E-state index in [0.717, 1.165) is 5.56 Å². The second kappa shape index (κ2) is 9.12. The van der Waals surface area contributed by atoms with Crippen LogP contribution >= 0.6 is 0 Å². The Balaban J connectivity index is 1.64. The van der Waals surface area contributed by atoms with Crippen molar-refractivity contribution in [2.45, 2.75) is 31.9 Å². The summed E-state index contributed by atoms with van der Waals surface area (Å²) in [6.07, 6.45) is -0.281. The summed E-state index contributed by atoms with van der Waals surface area (Å²) < 4.78 is 13.4. The molecule has 6 nitrogen and oxygen atoms in total. The normalized spacial score (nSPS) is 16.6. The lowest BCUT2D eigenvalue weighted by molar-refractivity contribution is -0.135. The smallest absolute Gasteiger partial charge is 0.265 e. The summed E-state index contributed by atoms with van der Waals surface area (Å²) in [5, 5.41) is 9.40. The minimum Gasteiger partial charge on any atom is -0.382 e. The SMILES string of the molecule is CCNC(=O)[C@@H](Cc1ccccc1)NC(=O)[C@H]1CC(c2cccc(F)c2)=NO1. The van der Waals surface area contributed by atoms with Crippen molar-refractivity contribution in [1.82, 2.24) is 10.6 Å². The fourth-order valence-corrected chi connectivity index (χ4v) is 2.98. The average molecular weight is 383 g/mol. The standard InChI is InChI=1S/C21H22FN3O3/c1-2-23-20(26)18(11-14-7-4-3-5-8-14)24-21(27)19-13-17(25-28-19)15-9-6-10-16(22)12-15/h3-10,12,18-19H,2,11,13H2,1H3,(H,23,26)(H,24,27)/t18-,19-/m1/s1. The Morgan fingerprint density at radius 1 is 1.21 bits per heavy atom. The Kier molecular flexibility index (Phi) is 6.37. The monoisotopic (exact) mass is 383 g/mol. The van der Waals surface area contributed by atoms with Gasteiger partial charge < -0.3 is 15.5 Å². The van der Waals surface area contributed by atoms with Gasteiger partial charge in [0.25, 0.3) is 5.91 Å². The molecule has 0 aromatic heterocycles. The first kappa shape index (κ1) is 19.5. The number of rotatable bonds is 7. The number of nitrogens with one attached hydrogen (secondary N) is 2. The third-order valence-electron chi connectivity index (χ3n) is 4.39. The number of carbonyl (C=O) groups excluding carboxylic acids is 2. The van der Waals surface area contributed by atoms with E-state index in [0.29, 0.717) is 24.2 Å². The number of amides is 2. The second-order valence-corrected chi connectivity index (χ2v) is 6.49. The number of nitrogens with zero attached hydrogens (tertiary/aromatic N) is 1. The highest BCUT2D eigenvalue weighted by molar-refractivity contribution is 6.04. The maximum atomic E-state index is 13.4. The number of halogens is 1. The average Bonchev–Trinajstić information content (AvgIpc) is 3.19. The van der Waals surface area contributed by atoms with E-state index >= 15 is 0 Å². The van der Waals surface area contributed by atoms with E-state index in [-0.39, 0.29) is 18.1 Å². The molecule has 7 heteroatoms. The second-order valence-electron chi connectivity index (χ2n) is 6.49. The summed E-state index contributed by atoms with van der Waals surface area (Å²) in [6.45, 7) is 2.28. The van der Waals surface area contributed by atoms with Crippen molar-refractivity contribution in [1.29, 1.82) is 0 Å². The summed E-state index contributed by atoms with van der Waals surface area (Å²) in [7, 11) is 0. The van der Waals surface area contributed by atoms with Crippen LogP contribution in [0.2, 0.25) is 0 Å². The van der Waals surface area contributed by atoms with E-state index in [2.05, 4.69) is 15.8 Å². The van der Waals surface area contributed by atoms with Crippen LogP contribution in [0.1, 0.15) is 24.5 Å². The van der Waals surface area contributed by atoms with Gasteiger partial charge in [0.15, 0.2) is 0 Å². The van der Waals surface area contributed by atoms with Crippen LogP contribution < -0.4 is 10.6 Å². The quantitative estimate of drug-likeness (QED) is 0.769. The van der Waals surface area contributed by atoms with Gasteiger partial charge in [-0.25, -0.2) is 4.39 Å². The van der Waals surface area contributed by atoms with E-state index in [1.165, 1.54) is 12.1 Å². The highest BCUT2D eigenvalue weighted by atomic mass is 19.1. The number of oxime groups is 1. The van der Waals surface area contributed by atoms with Gasteiger partial charge in [-0.15, -0.1) is 0 Å². The molecule has 0 bridgehead atoms. The molecule has 0 spiro atoms. The molecule has 1 aliphatic heterocycles. The Bertz CT molecular complexity index is 870. The number of hydrogen-bond acceptors (Lipinski definition) is 4. The van der Waals surface area contributed by atoms with Gasteiger partial charge in [0.1, 0.15) is 11.9 Å². The van der Waals surface area contributed by atoms with Gasteiger partial charge in [-0.1, -0.05) is 47.6 Å². The summed E-state index contributed by atoms with van der Waals surface area (Å²) in [5.41, 5.74) is 2.00. The molecule has 1 heterocycles. The van der Waals surface area contributed by atoms with E-state index in [4.69, 9.17) is 4.84 Å². The molecule has 2 atom stereocenters. The molecule has 3 rings (SSSR count). The van der Waals surface area contributed by atoms with Gasteiger partial charge in [-0.2, -0.15) is 0 Å². The molecule has 0 saturated carbocycles. The minimum absolute atomic E-state index is 0.211. The van der Waals surface area contributed by atoms with Crippen molar-refractivity contribution >= 4 is 17.5 Å². The molecule has 0 fully saturated rings. The van der Waals surface area contributed by atoms with Crippen molar-refractivity contribution in [2.75, 3.05) is 6.54 Å². The van der Waals surface area contributed by atoms with Crippen molar-refractivity contribution in [3.05, 3.63) is 71.5 Å². The Labute approximate surface area is 162 Å². The van der Waals surface area contributed by atoms with E-state index in [1.807, 2.05) is 37.3 Å². The predicted octanol–water partition coefficient (Wildman–Crippen LogP) is 2.18. The van der Waals surface area contributed by atoms with Gasteiger partial charge >= 0.3 is 0 Å². The molecular weight excluding hydrogens is 361 g/mol. The summed E-state index contributed by atoms with van der Waals surface area (Å²) in [5.74, 6) is -1.07. The largest absolute Gasteiger partial charge is 0.382 e. The topological polar surface area (TPSA) is 79.8 Å². The van der Waals surface area contributed by atoms with E-state index < -0.39 is 18.1 Å². The van der Waals surface area contributed by atoms with Crippen molar-refractivity contribution in [3.63, 3.8) is 0 Å². The predicted molar refractivity (Wildman–Crippen MR) is 103 cm³/mol. The van der Waals surface area contributed by atoms with Crippen LogP contribution in [0.15, 0.2) is 59.8 Å². The first-order valence-corrected chi connectivity index (χ1v) is 9.17. The van der Waals surface area contributed by atoms with Gasteiger partial charge in [0.2, 0.25) is 12.0 Å². The molecule has 0 radical (unpaired) electrons. The molecule has 2 aromatic rings. The zero-order chi connectivity index (χ0) is 19.9. The zero-order valence-electron chi connectivity index (χ0n) is 15.5. The Morgan fingerprint density at radius 2 is 2.00 bits per heavy atom. The first-order valence-electron chi connectivity index (χ1n) is 9.17. The molecule has 146 valence electrons. The summed E-state index contributed by atoms with van der Waals surface area (Å²) in [6, 6.07) is 14.7. The lowest BCUT2D eigenvalue weighted by Gasteiger charge is -2.19. The number of benzene rings is 2. The molecular formula is C21H22FN3O3. The molecule has 28 heavy (non-hydrogen) atoms. The number of hydrogen-bond donors (Lipinski definition) is 2. The Hall–Kier alpha value is -3.22. The van der Waals surface area contributed by atoms with Gasteiger partial charge in [-0.3, -0.25) is 9.59 Å². The molecule has 2 aromatic carbocycles. The molecule has 0 saturated heterocycles. The molecule has 0 aliphatic carbocycles. The summed E-state index contributed by atoms with van der Waals surface area (Å²) >= 11 is 0.